The van der Waals surface area contributed by atoms with Crippen LogP contribution < -0.4 is 5.32 Å². The zero-order chi connectivity index (χ0) is 14.8. The van der Waals surface area contributed by atoms with Gasteiger partial charge < -0.3 is 5.32 Å². The lowest BCUT2D eigenvalue weighted by Gasteiger charge is -2.09. The molecule has 0 saturated heterocycles. The molecule has 1 saturated carbocycles. The molecule has 0 atom stereocenters. The van der Waals surface area contributed by atoms with Crippen molar-refractivity contribution in [2.24, 2.45) is 0 Å². The monoisotopic (exact) mass is 287 g/mol. The van der Waals surface area contributed by atoms with Gasteiger partial charge in [-0.1, -0.05) is 19.9 Å². The summed E-state index contributed by atoms with van der Waals surface area (Å²) >= 11 is 0. The van der Waals surface area contributed by atoms with Gasteiger partial charge in [0, 0.05) is 18.3 Å². The van der Waals surface area contributed by atoms with Crippen molar-refractivity contribution in [2.45, 2.75) is 52.1 Å². The highest BCUT2D eigenvalue weighted by Crippen LogP contribution is 2.21. The Morgan fingerprint density at radius 3 is 2.67 bits per heavy atom. The third-order valence-corrected chi connectivity index (χ3v) is 3.97. The van der Waals surface area contributed by atoms with Crippen LogP contribution in [-0.4, -0.2) is 15.8 Å². The average molecular weight is 287 g/mol. The lowest BCUT2D eigenvalue weighted by atomic mass is 10.2. The van der Waals surface area contributed by atoms with E-state index in [0.717, 1.165) is 36.3 Å². The lowest BCUT2D eigenvalue weighted by molar-refractivity contribution is 0.599. The smallest absolute Gasteiger partial charge is 0.149 e. The van der Waals surface area contributed by atoms with Crippen molar-refractivity contribution in [1.82, 2.24) is 15.1 Å². The maximum absolute atomic E-state index is 14.4. The van der Waals surface area contributed by atoms with Gasteiger partial charge in [0.25, 0.3) is 0 Å². The van der Waals surface area contributed by atoms with E-state index < -0.39 is 0 Å². The Kier molecular flexibility index (Phi) is 4.06. The SMILES string of the molecule is CCc1cc(CC)n(-c2ccc(CNC3CC3)cc2F)n1. The molecule has 3 rings (SSSR count). The van der Waals surface area contributed by atoms with E-state index in [1.54, 1.807) is 10.7 Å². The Morgan fingerprint density at radius 1 is 1.24 bits per heavy atom. The highest BCUT2D eigenvalue weighted by molar-refractivity contribution is 5.38. The summed E-state index contributed by atoms with van der Waals surface area (Å²) in [5.74, 6) is -0.203. The maximum atomic E-state index is 14.4. The van der Waals surface area contributed by atoms with Crippen LogP contribution in [0.4, 0.5) is 4.39 Å². The van der Waals surface area contributed by atoms with E-state index in [1.807, 2.05) is 12.1 Å². The molecule has 112 valence electrons. The third-order valence-electron chi connectivity index (χ3n) is 3.97. The molecule has 1 fully saturated rings. The maximum Gasteiger partial charge on any atom is 0.149 e. The molecule has 1 heterocycles. The predicted molar refractivity (Wildman–Crippen MR) is 82.1 cm³/mol. The Morgan fingerprint density at radius 2 is 2.05 bits per heavy atom. The Balaban J connectivity index is 1.85. The molecule has 1 aromatic heterocycles. The van der Waals surface area contributed by atoms with Crippen LogP contribution in [0.25, 0.3) is 5.69 Å². The second-order valence-electron chi connectivity index (χ2n) is 5.69. The summed E-state index contributed by atoms with van der Waals surface area (Å²) < 4.78 is 16.2. The normalized spacial score (nSPS) is 14.6. The van der Waals surface area contributed by atoms with Crippen molar-refractivity contribution in [2.75, 3.05) is 0 Å². The first-order valence-electron chi connectivity index (χ1n) is 7.81. The van der Waals surface area contributed by atoms with Gasteiger partial charge in [-0.05, 0) is 49.4 Å². The minimum Gasteiger partial charge on any atom is -0.310 e. The van der Waals surface area contributed by atoms with Crippen molar-refractivity contribution in [3.8, 4) is 5.69 Å². The second-order valence-corrected chi connectivity index (χ2v) is 5.69. The molecular formula is C17H22FN3. The summed E-state index contributed by atoms with van der Waals surface area (Å²) in [6.07, 6.45) is 4.20. The molecule has 1 aromatic carbocycles. The van der Waals surface area contributed by atoms with E-state index >= 15 is 0 Å². The first-order chi connectivity index (χ1) is 10.2. The molecule has 0 bridgehead atoms. The summed E-state index contributed by atoms with van der Waals surface area (Å²) in [6.45, 7) is 4.87. The van der Waals surface area contributed by atoms with Crippen molar-refractivity contribution in [1.29, 1.82) is 0 Å². The fourth-order valence-electron chi connectivity index (χ4n) is 2.49. The van der Waals surface area contributed by atoms with Gasteiger partial charge in [-0.25, -0.2) is 9.07 Å². The van der Waals surface area contributed by atoms with Crippen LogP contribution in [0.15, 0.2) is 24.3 Å². The molecule has 4 heteroatoms. The van der Waals surface area contributed by atoms with E-state index in [4.69, 9.17) is 0 Å². The highest BCUT2D eigenvalue weighted by Gasteiger charge is 2.20. The van der Waals surface area contributed by atoms with Crippen LogP contribution in [0.2, 0.25) is 0 Å². The molecule has 0 spiro atoms. The van der Waals surface area contributed by atoms with Gasteiger partial charge in [0.2, 0.25) is 0 Å². The lowest BCUT2D eigenvalue weighted by Crippen LogP contribution is -2.15. The van der Waals surface area contributed by atoms with Crippen molar-refractivity contribution in [3.63, 3.8) is 0 Å². The van der Waals surface area contributed by atoms with Crippen LogP contribution in [0.5, 0.6) is 0 Å². The topological polar surface area (TPSA) is 29.9 Å². The van der Waals surface area contributed by atoms with E-state index in [0.29, 0.717) is 11.7 Å². The fraction of sp³-hybridized carbons (Fsp3) is 0.471. The van der Waals surface area contributed by atoms with Gasteiger partial charge in [0.05, 0.1) is 5.69 Å². The molecule has 0 unspecified atom stereocenters. The highest BCUT2D eigenvalue weighted by atomic mass is 19.1. The number of aromatic nitrogens is 2. The first-order valence-corrected chi connectivity index (χ1v) is 7.81. The number of rotatable bonds is 6. The summed E-state index contributed by atoms with van der Waals surface area (Å²) in [7, 11) is 0. The van der Waals surface area contributed by atoms with Crippen LogP contribution in [0.1, 0.15) is 43.6 Å². The number of hydrogen-bond donors (Lipinski definition) is 1. The van der Waals surface area contributed by atoms with Crippen LogP contribution in [-0.2, 0) is 19.4 Å². The number of aryl methyl sites for hydroxylation is 2. The van der Waals surface area contributed by atoms with Crippen molar-refractivity contribution in [3.05, 3.63) is 47.0 Å². The molecule has 1 aliphatic carbocycles. The molecule has 0 aliphatic heterocycles. The van der Waals surface area contributed by atoms with E-state index in [1.165, 1.54) is 12.8 Å². The Labute approximate surface area is 125 Å². The van der Waals surface area contributed by atoms with Crippen LogP contribution in [0.3, 0.4) is 0 Å². The van der Waals surface area contributed by atoms with Gasteiger partial charge in [-0.2, -0.15) is 5.10 Å². The molecule has 1 aliphatic rings. The van der Waals surface area contributed by atoms with Gasteiger partial charge in [-0.15, -0.1) is 0 Å². The van der Waals surface area contributed by atoms with E-state index in [-0.39, 0.29) is 5.82 Å². The minimum atomic E-state index is -0.203. The average Bonchev–Trinajstić information content (AvgIpc) is 3.23. The number of hydrogen-bond acceptors (Lipinski definition) is 2. The molecule has 21 heavy (non-hydrogen) atoms. The van der Waals surface area contributed by atoms with Gasteiger partial charge in [-0.3, -0.25) is 0 Å². The quantitative estimate of drug-likeness (QED) is 0.882. The number of benzene rings is 1. The van der Waals surface area contributed by atoms with Gasteiger partial charge in [0.15, 0.2) is 0 Å². The largest absolute Gasteiger partial charge is 0.310 e. The zero-order valence-corrected chi connectivity index (χ0v) is 12.7. The van der Waals surface area contributed by atoms with E-state index in [9.17, 15) is 4.39 Å². The Hall–Kier alpha value is -1.68. The standard InChI is InChI=1S/C17H22FN3/c1-3-13-10-15(4-2)21(20-13)17-8-5-12(9-16(17)18)11-19-14-6-7-14/h5,8-10,14,19H,3-4,6-7,11H2,1-2H3. The van der Waals surface area contributed by atoms with Gasteiger partial charge >= 0.3 is 0 Å². The Bertz CT molecular complexity index is 629. The summed E-state index contributed by atoms with van der Waals surface area (Å²) in [5, 5.41) is 7.91. The van der Waals surface area contributed by atoms with E-state index in [2.05, 4.69) is 30.3 Å². The third kappa shape index (κ3) is 3.16. The van der Waals surface area contributed by atoms with Crippen LogP contribution >= 0.6 is 0 Å². The number of halogens is 1. The fourth-order valence-corrected chi connectivity index (χ4v) is 2.49. The van der Waals surface area contributed by atoms with Crippen molar-refractivity contribution >= 4 is 0 Å². The summed E-state index contributed by atoms with van der Waals surface area (Å²) in [5.41, 5.74) is 3.59. The minimum absolute atomic E-state index is 0.203. The van der Waals surface area contributed by atoms with Crippen molar-refractivity contribution < 1.29 is 4.39 Å². The molecule has 3 nitrogen and oxygen atoms in total. The molecule has 1 N–H and O–H groups in total. The molecule has 0 amide bonds. The first kappa shape index (κ1) is 14.3. The predicted octanol–water partition coefficient (Wildman–Crippen LogP) is 3.39. The molecule has 2 aromatic rings. The number of nitrogens with zero attached hydrogens (tertiary/aromatic N) is 2. The second kappa shape index (κ2) is 5.98. The number of nitrogens with one attached hydrogen (secondary N) is 1. The zero-order valence-electron chi connectivity index (χ0n) is 12.7. The van der Waals surface area contributed by atoms with Gasteiger partial charge in [0.1, 0.15) is 11.5 Å². The summed E-state index contributed by atoms with van der Waals surface area (Å²) in [4.78, 5) is 0. The molecule has 0 radical (unpaired) electrons. The van der Waals surface area contributed by atoms with Crippen LogP contribution in [0, 0.1) is 5.82 Å². The molecular weight excluding hydrogens is 265 g/mol. The summed E-state index contributed by atoms with van der Waals surface area (Å²) in [6, 6.07) is 8.14.